The number of nitro benzene ring substituents is 1. The Morgan fingerprint density at radius 2 is 1.81 bits per heavy atom. The number of carbonyl (C=O) groups is 1. The Kier molecular flexibility index (Phi) is 6.03. The topological polar surface area (TPSA) is 134 Å². The van der Waals surface area contributed by atoms with E-state index in [2.05, 4.69) is 21.7 Å². The lowest BCUT2D eigenvalue weighted by Gasteiger charge is -2.09. The van der Waals surface area contributed by atoms with E-state index in [1.807, 2.05) is 26.8 Å². The summed E-state index contributed by atoms with van der Waals surface area (Å²) >= 11 is 0. The number of H-pyrrole nitrogens is 1. The number of anilines is 1. The van der Waals surface area contributed by atoms with Gasteiger partial charge in [-0.15, -0.1) is 0 Å². The number of fused-ring (bicyclic) bond motifs is 1. The highest BCUT2D eigenvalue weighted by Crippen LogP contribution is 2.28. The van der Waals surface area contributed by atoms with Gasteiger partial charge in [0.1, 0.15) is 11.4 Å². The summed E-state index contributed by atoms with van der Waals surface area (Å²) in [6.07, 6.45) is 0.989. The van der Waals surface area contributed by atoms with Crippen molar-refractivity contribution in [2.75, 3.05) is 24.7 Å². The van der Waals surface area contributed by atoms with E-state index in [4.69, 9.17) is 0 Å². The molecule has 1 heterocycles. The van der Waals surface area contributed by atoms with Crippen molar-refractivity contribution in [2.24, 2.45) is 0 Å². The zero-order chi connectivity index (χ0) is 22.9. The minimum Gasteiger partial charge on any atom is -0.378 e. The summed E-state index contributed by atoms with van der Waals surface area (Å²) in [5.74, 6) is -0.281. The third-order valence-corrected chi connectivity index (χ3v) is 6.32. The molecule has 3 aromatic rings. The van der Waals surface area contributed by atoms with E-state index in [1.54, 1.807) is 0 Å². The molecule has 0 radical (unpaired) electrons. The molecule has 0 saturated carbocycles. The number of benzene rings is 2. The van der Waals surface area contributed by atoms with E-state index in [0.717, 1.165) is 39.9 Å². The van der Waals surface area contributed by atoms with E-state index in [9.17, 15) is 23.3 Å². The molecule has 0 fully saturated rings. The number of aromatic nitrogens is 1. The average molecular weight is 445 g/mol. The van der Waals surface area contributed by atoms with Crippen LogP contribution < -0.4 is 10.6 Å². The van der Waals surface area contributed by atoms with Gasteiger partial charge in [0, 0.05) is 36.3 Å². The fourth-order valence-corrected chi connectivity index (χ4v) is 4.04. The number of hydrogen-bond acceptors (Lipinski definition) is 6. The van der Waals surface area contributed by atoms with Crippen LogP contribution in [0.2, 0.25) is 0 Å². The first-order valence-corrected chi connectivity index (χ1v) is 11.5. The minimum atomic E-state index is -3.56. The lowest BCUT2D eigenvalue weighted by Crippen LogP contribution is -2.29. The van der Waals surface area contributed by atoms with Crippen molar-refractivity contribution in [1.29, 1.82) is 0 Å². The Balaban J connectivity index is 1.67. The maximum Gasteiger partial charge on any atom is 0.293 e. The van der Waals surface area contributed by atoms with Crippen molar-refractivity contribution in [1.82, 2.24) is 10.3 Å². The Morgan fingerprint density at radius 3 is 2.45 bits per heavy atom. The summed E-state index contributed by atoms with van der Waals surface area (Å²) in [5, 5.41) is 17.9. The second-order valence-electron chi connectivity index (χ2n) is 7.50. The van der Waals surface area contributed by atoms with Gasteiger partial charge in [-0.05, 0) is 55.7 Å². The lowest BCUT2D eigenvalue weighted by atomic mass is 10.0. The van der Waals surface area contributed by atoms with Crippen LogP contribution in [0.4, 0.5) is 11.4 Å². The molecule has 1 amide bonds. The number of nitrogens with one attached hydrogen (secondary N) is 3. The summed E-state index contributed by atoms with van der Waals surface area (Å²) in [6, 6.07) is 7.57. The molecule has 10 heteroatoms. The van der Waals surface area contributed by atoms with Gasteiger partial charge in [0.25, 0.3) is 11.6 Å². The van der Waals surface area contributed by atoms with Crippen LogP contribution in [0.15, 0.2) is 35.2 Å². The molecule has 0 atom stereocenters. The largest absolute Gasteiger partial charge is 0.378 e. The van der Waals surface area contributed by atoms with Gasteiger partial charge in [-0.3, -0.25) is 14.9 Å². The van der Waals surface area contributed by atoms with Crippen LogP contribution >= 0.6 is 0 Å². The molecule has 0 aliphatic carbocycles. The number of aryl methyl sites for hydroxylation is 3. The number of carbonyl (C=O) groups excluding carboxylic acids is 1. The van der Waals surface area contributed by atoms with Crippen LogP contribution in [0.3, 0.4) is 0 Å². The number of rotatable bonds is 7. The molecular weight excluding hydrogens is 420 g/mol. The van der Waals surface area contributed by atoms with Gasteiger partial charge in [0.05, 0.1) is 9.82 Å². The van der Waals surface area contributed by atoms with E-state index < -0.39 is 14.8 Å². The summed E-state index contributed by atoms with van der Waals surface area (Å²) in [6.45, 7) is 6.46. The van der Waals surface area contributed by atoms with Gasteiger partial charge in [0.2, 0.25) is 0 Å². The van der Waals surface area contributed by atoms with Crippen LogP contribution in [0.25, 0.3) is 10.9 Å². The van der Waals surface area contributed by atoms with E-state index in [-0.39, 0.29) is 35.3 Å². The van der Waals surface area contributed by atoms with Crippen LogP contribution in [-0.4, -0.2) is 43.6 Å². The Bertz CT molecular complexity index is 1290. The van der Waals surface area contributed by atoms with Gasteiger partial charge < -0.3 is 15.6 Å². The number of hydrogen-bond donors (Lipinski definition) is 3. The van der Waals surface area contributed by atoms with Gasteiger partial charge >= 0.3 is 0 Å². The van der Waals surface area contributed by atoms with Gasteiger partial charge in [-0.1, -0.05) is 6.07 Å². The van der Waals surface area contributed by atoms with Crippen molar-refractivity contribution in [2.45, 2.75) is 25.7 Å². The quantitative estimate of drug-likeness (QED) is 0.291. The summed E-state index contributed by atoms with van der Waals surface area (Å²) in [5.41, 5.74) is 4.53. The first-order chi connectivity index (χ1) is 14.5. The van der Waals surface area contributed by atoms with Crippen molar-refractivity contribution in [3.63, 3.8) is 0 Å². The number of sulfone groups is 1. The Morgan fingerprint density at radius 1 is 1.10 bits per heavy atom. The molecule has 0 unspecified atom stereocenters. The molecule has 0 saturated heterocycles. The molecule has 3 rings (SSSR count). The zero-order valence-corrected chi connectivity index (χ0v) is 18.5. The summed E-state index contributed by atoms with van der Waals surface area (Å²) in [7, 11) is -3.56. The molecule has 1 aromatic heterocycles. The van der Waals surface area contributed by atoms with Crippen LogP contribution in [0, 0.1) is 30.9 Å². The predicted molar refractivity (Wildman–Crippen MR) is 120 cm³/mol. The average Bonchev–Trinajstić information content (AvgIpc) is 3.15. The highest BCUT2D eigenvalue weighted by molar-refractivity contribution is 7.90. The van der Waals surface area contributed by atoms with E-state index >= 15 is 0 Å². The number of amides is 1. The maximum atomic E-state index is 12.5. The second-order valence-corrected chi connectivity index (χ2v) is 9.51. The summed E-state index contributed by atoms with van der Waals surface area (Å²) in [4.78, 5) is 26.2. The molecule has 2 aromatic carbocycles. The number of nitro groups is 1. The molecule has 3 N–H and O–H groups in total. The van der Waals surface area contributed by atoms with Gasteiger partial charge in [-0.25, -0.2) is 8.42 Å². The number of nitrogens with zero attached hydrogens (tertiary/aromatic N) is 1. The van der Waals surface area contributed by atoms with Crippen molar-refractivity contribution in [3.05, 3.63) is 62.8 Å². The van der Waals surface area contributed by atoms with Crippen molar-refractivity contribution >= 4 is 38.0 Å². The third kappa shape index (κ3) is 4.69. The lowest BCUT2D eigenvalue weighted by molar-refractivity contribution is -0.384. The molecule has 31 heavy (non-hydrogen) atoms. The fourth-order valence-electron chi connectivity index (χ4n) is 3.40. The molecule has 9 nitrogen and oxygen atoms in total. The second kappa shape index (κ2) is 8.38. The molecule has 0 bridgehead atoms. The molecule has 164 valence electrons. The zero-order valence-electron chi connectivity index (χ0n) is 17.7. The molecular formula is C21H24N4O5S. The molecule has 0 spiro atoms. The van der Waals surface area contributed by atoms with E-state index in [0.29, 0.717) is 5.69 Å². The predicted octanol–water partition coefficient (Wildman–Crippen LogP) is 3.25. The molecule has 0 aliphatic rings. The monoisotopic (exact) mass is 444 g/mol. The van der Waals surface area contributed by atoms with Crippen LogP contribution in [-0.2, 0) is 9.84 Å². The van der Waals surface area contributed by atoms with Crippen LogP contribution in [0.5, 0.6) is 0 Å². The van der Waals surface area contributed by atoms with Crippen LogP contribution in [0.1, 0.15) is 27.2 Å². The molecule has 0 aliphatic heterocycles. The van der Waals surface area contributed by atoms with E-state index in [1.165, 1.54) is 12.1 Å². The standard InChI is InChI=1S/C21H24N4O5S/c1-12-9-13(2)16-11-18(24-20(16)14(12)3)21(26)23-8-7-22-17-6-5-15(31(4,29)30)10-19(17)25(27)28/h5-6,9-11,22,24H,7-8H2,1-4H3,(H,23,26). The first kappa shape index (κ1) is 22.3. The first-order valence-electron chi connectivity index (χ1n) is 9.59. The van der Waals surface area contributed by atoms with Crippen molar-refractivity contribution in [3.8, 4) is 0 Å². The number of aromatic amines is 1. The summed E-state index contributed by atoms with van der Waals surface area (Å²) < 4.78 is 23.2. The normalized spacial score (nSPS) is 11.5. The highest BCUT2D eigenvalue weighted by Gasteiger charge is 2.19. The Labute approximate surface area is 179 Å². The SMILES string of the molecule is Cc1cc(C)c2cc(C(=O)NCCNc3ccc(S(C)(=O)=O)cc3[N+](=O)[O-])[nH]c2c1C. The maximum absolute atomic E-state index is 12.5. The smallest absolute Gasteiger partial charge is 0.293 e. The van der Waals surface area contributed by atoms with Gasteiger partial charge in [0.15, 0.2) is 9.84 Å². The highest BCUT2D eigenvalue weighted by atomic mass is 32.2. The fraction of sp³-hybridized carbons (Fsp3) is 0.286. The minimum absolute atomic E-state index is 0.127. The third-order valence-electron chi connectivity index (χ3n) is 5.21. The van der Waals surface area contributed by atoms with Gasteiger partial charge in [-0.2, -0.15) is 0 Å². The Hall–Kier alpha value is -3.40. The van der Waals surface area contributed by atoms with Crippen molar-refractivity contribution < 1.29 is 18.1 Å².